The Morgan fingerprint density at radius 1 is 0.667 bits per heavy atom. The summed E-state index contributed by atoms with van der Waals surface area (Å²) < 4.78 is 0. The highest BCUT2D eigenvalue weighted by molar-refractivity contribution is 5.94. The van der Waals surface area contributed by atoms with Crippen LogP contribution in [0.4, 0.5) is 0 Å². The first-order valence-corrected chi connectivity index (χ1v) is 7.57. The summed E-state index contributed by atoms with van der Waals surface area (Å²) in [6.45, 7) is 0. The lowest BCUT2D eigenvalue weighted by Gasteiger charge is -2.01. The van der Waals surface area contributed by atoms with Crippen LogP contribution in [0.3, 0.4) is 0 Å². The molecule has 5 heterocycles. The molecule has 0 aliphatic heterocycles. The molecule has 5 aromatic rings. The zero-order chi connectivity index (χ0) is 15.9. The Morgan fingerprint density at radius 2 is 1.25 bits per heavy atom. The summed E-state index contributed by atoms with van der Waals surface area (Å²) in [5.41, 5.74) is 4.65. The van der Waals surface area contributed by atoms with Crippen molar-refractivity contribution in [1.29, 1.82) is 0 Å². The molecule has 0 fully saturated rings. The summed E-state index contributed by atoms with van der Waals surface area (Å²) in [7, 11) is 0. The van der Waals surface area contributed by atoms with Crippen molar-refractivity contribution in [3.05, 3.63) is 61.4 Å². The largest absolute Gasteiger partial charge is 0.346 e. The Morgan fingerprint density at radius 3 is 1.92 bits per heavy atom. The average Bonchev–Trinajstić information content (AvgIpc) is 3.26. The fraction of sp³-hybridized carbons (Fsp3) is 0. The van der Waals surface area contributed by atoms with Crippen LogP contribution < -0.4 is 0 Å². The molecule has 114 valence electrons. The summed E-state index contributed by atoms with van der Waals surface area (Å²) in [6, 6.07) is 7.88. The summed E-state index contributed by atoms with van der Waals surface area (Å²) in [4.78, 5) is 24.0. The lowest BCUT2D eigenvalue weighted by atomic mass is 10.1. The maximum absolute atomic E-state index is 4.54. The molecule has 0 unspecified atom stereocenters. The molecule has 0 aliphatic rings. The van der Waals surface area contributed by atoms with Crippen LogP contribution in [0.2, 0.25) is 0 Å². The van der Waals surface area contributed by atoms with Gasteiger partial charge in [0.1, 0.15) is 11.3 Å². The number of H-pyrrole nitrogens is 2. The molecule has 0 bridgehead atoms. The lowest BCUT2D eigenvalue weighted by molar-refractivity contribution is 1.18. The second-order valence-corrected chi connectivity index (χ2v) is 5.50. The molecule has 5 aromatic heterocycles. The van der Waals surface area contributed by atoms with Crippen molar-refractivity contribution in [2.24, 2.45) is 0 Å². The normalized spacial score (nSPS) is 11.3. The van der Waals surface area contributed by atoms with E-state index in [2.05, 4.69) is 29.9 Å². The van der Waals surface area contributed by atoms with E-state index in [0.29, 0.717) is 5.82 Å². The number of pyridine rings is 2. The molecular formula is C18H12N6. The van der Waals surface area contributed by atoms with E-state index in [0.717, 1.165) is 38.8 Å². The molecule has 0 saturated heterocycles. The molecule has 6 nitrogen and oxygen atoms in total. The molecule has 2 N–H and O–H groups in total. The van der Waals surface area contributed by atoms with Crippen molar-refractivity contribution in [1.82, 2.24) is 29.9 Å². The summed E-state index contributed by atoms with van der Waals surface area (Å²) >= 11 is 0. The molecule has 6 heteroatoms. The number of fused-ring (bicyclic) bond motifs is 2. The van der Waals surface area contributed by atoms with E-state index >= 15 is 0 Å². The van der Waals surface area contributed by atoms with Gasteiger partial charge in [0.15, 0.2) is 5.82 Å². The first-order chi connectivity index (χ1) is 11.9. The van der Waals surface area contributed by atoms with Crippen molar-refractivity contribution >= 4 is 22.1 Å². The van der Waals surface area contributed by atoms with Crippen LogP contribution in [-0.4, -0.2) is 29.9 Å². The van der Waals surface area contributed by atoms with Crippen LogP contribution in [0.25, 0.3) is 44.6 Å². The molecule has 0 atom stereocenters. The molecule has 0 aliphatic carbocycles. The van der Waals surface area contributed by atoms with Gasteiger partial charge in [-0.1, -0.05) is 0 Å². The second-order valence-electron chi connectivity index (χ2n) is 5.50. The molecule has 5 rings (SSSR count). The number of aromatic amines is 2. The molecule has 0 spiro atoms. The number of nitrogens with zero attached hydrogens (tertiary/aromatic N) is 4. The van der Waals surface area contributed by atoms with Crippen molar-refractivity contribution in [3.8, 4) is 22.5 Å². The van der Waals surface area contributed by atoms with Gasteiger partial charge in [-0.05, 0) is 24.3 Å². The Labute approximate surface area is 136 Å². The fourth-order valence-corrected chi connectivity index (χ4v) is 2.94. The molecule has 0 aromatic carbocycles. The predicted molar refractivity (Wildman–Crippen MR) is 92.2 cm³/mol. The fourth-order valence-electron chi connectivity index (χ4n) is 2.94. The summed E-state index contributed by atoms with van der Waals surface area (Å²) in [5, 5.41) is 2.08. The quantitative estimate of drug-likeness (QED) is 0.522. The van der Waals surface area contributed by atoms with Gasteiger partial charge in [0.05, 0.1) is 0 Å². The Hall–Kier alpha value is -3.54. The maximum Gasteiger partial charge on any atom is 0.161 e. The Kier molecular flexibility index (Phi) is 2.69. The highest BCUT2D eigenvalue weighted by Crippen LogP contribution is 2.29. The molecule has 0 saturated carbocycles. The van der Waals surface area contributed by atoms with Crippen molar-refractivity contribution in [3.63, 3.8) is 0 Å². The minimum Gasteiger partial charge on any atom is -0.346 e. The number of aromatic nitrogens is 6. The van der Waals surface area contributed by atoms with Gasteiger partial charge < -0.3 is 9.97 Å². The van der Waals surface area contributed by atoms with Gasteiger partial charge in [-0.2, -0.15) is 0 Å². The van der Waals surface area contributed by atoms with E-state index in [1.165, 1.54) is 0 Å². The maximum atomic E-state index is 4.54. The molecule has 0 radical (unpaired) electrons. The van der Waals surface area contributed by atoms with Gasteiger partial charge in [0, 0.05) is 64.6 Å². The molecule has 0 amide bonds. The third-order valence-electron chi connectivity index (χ3n) is 4.11. The number of nitrogens with one attached hydrogen (secondary N) is 2. The van der Waals surface area contributed by atoms with Crippen LogP contribution in [0, 0.1) is 0 Å². The van der Waals surface area contributed by atoms with Crippen LogP contribution in [0.1, 0.15) is 0 Å². The summed E-state index contributed by atoms with van der Waals surface area (Å²) in [5.74, 6) is 0.677. The third-order valence-corrected chi connectivity index (χ3v) is 4.11. The van der Waals surface area contributed by atoms with Crippen molar-refractivity contribution < 1.29 is 0 Å². The van der Waals surface area contributed by atoms with Crippen LogP contribution in [0.15, 0.2) is 61.4 Å². The predicted octanol–water partition coefficient (Wildman–Crippen LogP) is 3.56. The van der Waals surface area contributed by atoms with Crippen molar-refractivity contribution in [2.75, 3.05) is 0 Å². The van der Waals surface area contributed by atoms with Gasteiger partial charge in [0.2, 0.25) is 0 Å². The minimum atomic E-state index is 0.677. The van der Waals surface area contributed by atoms with Crippen LogP contribution in [-0.2, 0) is 0 Å². The number of hydrogen-bond acceptors (Lipinski definition) is 4. The van der Waals surface area contributed by atoms with E-state index < -0.39 is 0 Å². The molecule has 24 heavy (non-hydrogen) atoms. The monoisotopic (exact) mass is 312 g/mol. The highest BCUT2D eigenvalue weighted by Gasteiger charge is 2.11. The zero-order valence-corrected chi connectivity index (χ0v) is 12.6. The first kappa shape index (κ1) is 13.0. The van der Waals surface area contributed by atoms with Gasteiger partial charge in [-0.25, -0.2) is 19.9 Å². The zero-order valence-electron chi connectivity index (χ0n) is 12.6. The third kappa shape index (κ3) is 1.90. The van der Waals surface area contributed by atoms with Gasteiger partial charge in [-0.15, -0.1) is 0 Å². The van der Waals surface area contributed by atoms with Crippen LogP contribution in [0.5, 0.6) is 0 Å². The topological polar surface area (TPSA) is 83.1 Å². The highest BCUT2D eigenvalue weighted by atomic mass is 14.9. The molecular weight excluding hydrogens is 300 g/mol. The minimum absolute atomic E-state index is 0.677. The Balaban J connectivity index is 1.60. The van der Waals surface area contributed by atoms with Crippen molar-refractivity contribution in [2.45, 2.75) is 0 Å². The second kappa shape index (κ2) is 4.99. The Bertz CT molecular complexity index is 1060. The van der Waals surface area contributed by atoms with E-state index in [1.54, 1.807) is 12.4 Å². The number of rotatable bonds is 2. The van der Waals surface area contributed by atoms with E-state index in [1.807, 2.05) is 49.1 Å². The van der Waals surface area contributed by atoms with E-state index in [-0.39, 0.29) is 0 Å². The van der Waals surface area contributed by atoms with Crippen LogP contribution >= 0.6 is 0 Å². The lowest BCUT2D eigenvalue weighted by Crippen LogP contribution is -1.89. The SMILES string of the molecule is c1cnc2[nH]cc(-c3cnc(-c4c[nH]c5ncccc45)nc3)c2c1. The number of hydrogen-bond donors (Lipinski definition) is 2. The van der Waals surface area contributed by atoms with Gasteiger partial charge in [-0.3, -0.25) is 0 Å². The van der Waals surface area contributed by atoms with Gasteiger partial charge >= 0.3 is 0 Å². The average molecular weight is 312 g/mol. The standard InChI is InChI=1S/C18H12N6/c1-3-12-14(9-23-16(12)19-5-1)11-7-21-18(22-8-11)15-10-24-17-13(15)4-2-6-20-17/h1-10H,(H,19,23)(H,20,24). The van der Waals surface area contributed by atoms with Gasteiger partial charge in [0.25, 0.3) is 0 Å². The smallest absolute Gasteiger partial charge is 0.161 e. The van der Waals surface area contributed by atoms with E-state index in [9.17, 15) is 0 Å². The summed E-state index contributed by atoms with van der Waals surface area (Å²) in [6.07, 6.45) is 11.0. The van der Waals surface area contributed by atoms with E-state index in [4.69, 9.17) is 0 Å². The first-order valence-electron chi connectivity index (χ1n) is 7.57.